The molecule has 0 saturated carbocycles. The highest BCUT2D eigenvalue weighted by atomic mass is 16.6. The first-order chi connectivity index (χ1) is 5.61. The summed E-state index contributed by atoms with van der Waals surface area (Å²) in [6.45, 7) is 4.08. The van der Waals surface area contributed by atoms with Gasteiger partial charge in [0, 0.05) is 0 Å². The summed E-state index contributed by atoms with van der Waals surface area (Å²) in [7, 11) is 3.90. The Morgan fingerprint density at radius 3 is 2.25 bits per heavy atom. The molecule has 3 nitrogen and oxygen atoms in total. The molecule has 0 aromatic heterocycles. The van der Waals surface area contributed by atoms with E-state index in [4.69, 9.17) is 4.74 Å². The van der Waals surface area contributed by atoms with Crippen LogP contribution in [0.15, 0.2) is 0 Å². The number of rotatable bonds is 6. The fourth-order valence-corrected chi connectivity index (χ4v) is 1.08. The summed E-state index contributed by atoms with van der Waals surface area (Å²) in [5, 5.41) is 9.35. The Balaban J connectivity index is 3.69. The summed E-state index contributed by atoms with van der Waals surface area (Å²) < 4.78 is 5.38. The van der Waals surface area contributed by atoms with Gasteiger partial charge >= 0.3 is 0 Å². The lowest BCUT2D eigenvalue weighted by molar-refractivity contribution is -0.176. The second kappa shape index (κ2) is 6.40. The highest BCUT2D eigenvalue weighted by Gasteiger charge is 2.13. The number of ether oxygens (including phenoxy) is 1. The topological polar surface area (TPSA) is 32.7 Å². The molecule has 0 spiro atoms. The molecule has 2 atom stereocenters. The highest BCUT2D eigenvalue weighted by Crippen LogP contribution is 2.07. The van der Waals surface area contributed by atoms with Gasteiger partial charge in [0.05, 0.1) is 0 Å². The van der Waals surface area contributed by atoms with E-state index < -0.39 is 6.29 Å². The molecule has 0 amide bonds. The van der Waals surface area contributed by atoms with Crippen molar-refractivity contribution in [3.63, 3.8) is 0 Å². The van der Waals surface area contributed by atoms with Gasteiger partial charge in [-0.3, -0.25) is 4.90 Å². The van der Waals surface area contributed by atoms with Crippen LogP contribution in [0.25, 0.3) is 0 Å². The maximum Gasteiger partial charge on any atom is 0.156 e. The van der Waals surface area contributed by atoms with E-state index in [1.807, 2.05) is 32.8 Å². The third-order valence-corrected chi connectivity index (χ3v) is 1.77. The van der Waals surface area contributed by atoms with Crippen molar-refractivity contribution in [1.29, 1.82) is 0 Å². The molecular formula is C9H21NO2. The average Bonchev–Trinajstić information content (AvgIpc) is 2.00. The molecule has 3 heteroatoms. The number of aliphatic hydroxyl groups is 1. The van der Waals surface area contributed by atoms with Crippen LogP contribution in [0.3, 0.4) is 0 Å². The van der Waals surface area contributed by atoms with Crippen LogP contribution in [0.2, 0.25) is 0 Å². The number of aliphatic hydroxyl groups excluding tert-OH is 1. The molecule has 0 fully saturated rings. The van der Waals surface area contributed by atoms with E-state index in [1.165, 1.54) is 0 Å². The minimum absolute atomic E-state index is 0.0338. The summed E-state index contributed by atoms with van der Waals surface area (Å²) in [6, 6.07) is 0. The minimum atomic E-state index is -0.609. The van der Waals surface area contributed by atoms with Crippen LogP contribution in [-0.4, -0.2) is 36.6 Å². The van der Waals surface area contributed by atoms with Crippen molar-refractivity contribution in [2.24, 2.45) is 0 Å². The summed E-state index contributed by atoms with van der Waals surface area (Å²) in [6.07, 6.45) is 1.98. The van der Waals surface area contributed by atoms with E-state index in [9.17, 15) is 5.11 Å². The molecule has 0 saturated heterocycles. The molecule has 0 rings (SSSR count). The Morgan fingerprint density at radius 1 is 1.33 bits per heavy atom. The lowest BCUT2D eigenvalue weighted by Crippen LogP contribution is -2.33. The van der Waals surface area contributed by atoms with Gasteiger partial charge in [-0.05, 0) is 26.9 Å². The molecule has 0 aromatic carbocycles. The van der Waals surface area contributed by atoms with Gasteiger partial charge in [0.15, 0.2) is 6.29 Å². The average molecular weight is 175 g/mol. The highest BCUT2D eigenvalue weighted by molar-refractivity contribution is 4.52. The summed E-state index contributed by atoms with van der Waals surface area (Å²) in [5.41, 5.74) is 0. The van der Waals surface area contributed by atoms with Crippen LogP contribution in [0.4, 0.5) is 0 Å². The lowest BCUT2D eigenvalue weighted by Gasteiger charge is -2.25. The summed E-state index contributed by atoms with van der Waals surface area (Å²) >= 11 is 0. The fourth-order valence-electron chi connectivity index (χ4n) is 1.08. The number of hydrogen-bond donors (Lipinski definition) is 1. The first-order valence-electron chi connectivity index (χ1n) is 4.61. The van der Waals surface area contributed by atoms with Crippen LogP contribution in [0.5, 0.6) is 0 Å². The SMILES string of the molecule is CCCC(O)OC(CC)N(C)C. The van der Waals surface area contributed by atoms with Crippen molar-refractivity contribution >= 4 is 0 Å². The maximum absolute atomic E-state index is 9.35. The van der Waals surface area contributed by atoms with E-state index in [-0.39, 0.29) is 6.23 Å². The van der Waals surface area contributed by atoms with Gasteiger partial charge in [-0.15, -0.1) is 0 Å². The second-order valence-electron chi connectivity index (χ2n) is 3.21. The smallest absolute Gasteiger partial charge is 0.156 e. The Kier molecular flexibility index (Phi) is 6.34. The summed E-state index contributed by atoms with van der Waals surface area (Å²) in [4.78, 5) is 1.97. The molecule has 0 aliphatic heterocycles. The van der Waals surface area contributed by atoms with Crippen molar-refractivity contribution in [2.45, 2.75) is 45.6 Å². The fraction of sp³-hybridized carbons (Fsp3) is 1.00. The van der Waals surface area contributed by atoms with E-state index >= 15 is 0 Å². The van der Waals surface area contributed by atoms with E-state index in [0.717, 1.165) is 12.8 Å². The quantitative estimate of drug-likeness (QED) is 0.620. The van der Waals surface area contributed by atoms with Crippen molar-refractivity contribution in [3.05, 3.63) is 0 Å². The largest absolute Gasteiger partial charge is 0.368 e. The van der Waals surface area contributed by atoms with Crippen molar-refractivity contribution in [3.8, 4) is 0 Å². The van der Waals surface area contributed by atoms with Gasteiger partial charge < -0.3 is 9.84 Å². The molecule has 0 radical (unpaired) electrons. The molecule has 0 aliphatic rings. The third-order valence-electron chi connectivity index (χ3n) is 1.77. The molecule has 0 bridgehead atoms. The molecule has 0 aromatic rings. The van der Waals surface area contributed by atoms with E-state index in [1.54, 1.807) is 0 Å². The monoisotopic (exact) mass is 175 g/mol. The van der Waals surface area contributed by atoms with Gasteiger partial charge in [0.25, 0.3) is 0 Å². The van der Waals surface area contributed by atoms with Crippen molar-refractivity contribution < 1.29 is 9.84 Å². The van der Waals surface area contributed by atoms with E-state index in [2.05, 4.69) is 0 Å². The molecule has 0 heterocycles. The van der Waals surface area contributed by atoms with Gasteiger partial charge in [0.2, 0.25) is 0 Å². The second-order valence-corrected chi connectivity index (χ2v) is 3.21. The predicted octanol–water partition coefficient (Wildman–Crippen LogP) is 1.42. The minimum Gasteiger partial charge on any atom is -0.368 e. The summed E-state index contributed by atoms with van der Waals surface area (Å²) in [5.74, 6) is 0. The molecule has 74 valence electrons. The zero-order valence-electron chi connectivity index (χ0n) is 8.58. The molecular weight excluding hydrogens is 154 g/mol. The van der Waals surface area contributed by atoms with Crippen LogP contribution >= 0.6 is 0 Å². The van der Waals surface area contributed by atoms with Gasteiger partial charge in [0.1, 0.15) is 6.23 Å². The molecule has 0 aliphatic carbocycles. The zero-order chi connectivity index (χ0) is 9.56. The van der Waals surface area contributed by atoms with Crippen LogP contribution in [-0.2, 0) is 4.74 Å². The molecule has 2 unspecified atom stereocenters. The van der Waals surface area contributed by atoms with Gasteiger partial charge in [-0.1, -0.05) is 20.3 Å². The normalized spacial score (nSPS) is 16.5. The van der Waals surface area contributed by atoms with Crippen LogP contribution in [0, 0.1) is 0 Å². The number of hydrogen-bond acceptors (Lipinski definition) is 3. The first kappa shape index (κ1) is 11.9. The zero-order valence-corrected chi connectivity index (χ0v) is 8.58. The van der Waals surface area contributed by atoms with Crippen molar-refractivity contribution in [1.82, 2.24) is 4.90 Å². The Labute approximate surface area is 75.3 Å². The van der Waals surface area contributed by atoms with Crippen LogP contribution < -0.4 is 0 Å². The Morgan fingerprint density at radius 2 is 1.92 bits per heavy atom. The first-order valence-corrected chi connectivity index (χ1v) is 4.61. The standard InChI is InChI=1S/C9H21NO2/c1-5-7-9(11)12-8(6-2)10(3)4/h8-9,11H,5-7H2,1-4H3. The van der Waals surface area contributed by atoms with Crippen LogP contribution in [0.1, 0.15) is 33.1 Å². The number of nitrogens with zero attached hydrogens (tertiary/aromatic N) is 1. The Bertz CT molecular complexity index is 107. The predicted molar refractivity (Wildman–Crippen MR) is 49.8 cm³/mol. The Hall–Kier alpha value is -0.120. The molecule has 12 heavy (non-hydrogen) atoms. The van der Waals surface area contributed by atoms with Crippen molar-refractivity contribution in [2.75, 3.05) is 14.1 Å². The van der Waals surface area contributed by atoms with Gasteiger partial charge in [-0.25, -0.2) is 0 Å². The maximum atomic E-state index is 9.35. The van der Waals surface area contributed by atoms with Gasteiger partial charge in [-0.2, -0.15) is 0 Å². The molecule has 1 N–H and O–H groups in total. The third kappa shape index (κ3) is 4.70. The van der Waals surface area contributed by atoms with E-state index in [0.29, 0.717) is 6.42 Å². The lowest BCUT2D eigenvalue weighted by atomic mass is 10.3.